The zero-order valence-corrected chi connectivity index (χ0v) is 11.6. The smallest absolute Gasteiger partial charge is 0.411 e. The van der Waals surface area contributed by atoms with Crippen molar-refractivity contribution in [3.8, 4) is 0 Å². The molecular weight excluding hydrogens is 240 g/mol. The molecule has 0 radical (unpaired) electrons. The van der Waals surface area contributed by atoms with Gasteiger partial charge in [-0.1, -0.05) is 19.9 Å². The van der Waals surface area contributed by atoms with Gasteiger partial charge < -0.3 is 10.5 Å². The van der Waals surface area contributed by atoms with Crippen molar-refractivity contribution in [2.45, 2.75) is 39.2 Å². The predicted molar refractivity (Wildman–Crippen MR) is 76.9 cm³/mol. The molecule has 0 bridgehead atoms. The van der Waals surface area contributed by atoms with Gasteiger partial charge in [-0.3, -0.25) is 5.32 Å². The number of carbonyl (C=O) groups is 1. The lowest BCUT2D eigenvalue weighted by Crippen LogP contribution is -2.30. The second-order valence-electron chi connectivity index (χ2n) is 5.70. The number of nitrogen functional groups attached to an aromatic ring is 1. The molecule has 1 fully saturated rings. The Morgan fingerprint density at radius 1 is 1.26 bits per heavy atom. The number of nitrogens with two attached hydrogens (primary N) is 1. The molecule has 2 rings (SSSR count). The van der Waals surface area contributed by atoms with E-state index < -0.39 is 6.09 Å². The van der Waals surface area contributed by atoms with E-state index in [1.807, 2.05) is 0 Å². The van der Waals surface area contributed by atoms with Crippen molar-refractivity contribution < 1.29 is 9.53 Å². The van der Waals surface area contributed by atoms with Crippen molar-refractivity contribution in [3.05, 3.63) is 24.3 Å². The first-order chi connectivity index (χ1) is 9.02. The molecule has 2 unspecified atom stereocenters. The van der Waals surface area contributed by atoms with E-state index in [-0.39, 0.29) is 6.10 Å². The van der Waals surface area contributed by atoms with Crippen LogP contribution in [0.5, 0.6) is 0 Å². The molecule has 3 N–H and O–H groups in total. The van der Waals surface area contributed by atoms with Gasteiger partial charge in [0.25, 0.3) is 0 Å². The Morgan fingerprint density at radius 2 is 1.95 bits per heavy atom. The maximum atomic E-state index is 11.8. The molecule has 1 aromatic carbocycles. The largest absolute Gasteiger partial charge is 0.446 e. The molecule has 0 aromatic heterocycles. The van der Waals surface area contributed by atoms with Crippen molar-refractivity contribution in [2.75, 3.05) is 11.1 Å². The lowest BCUT2D eigenvalue weighted by molar-refractivity contribution is 0.0553. The van der Waals surface area contributed by atoms with Gasteiger partial charge in [-0.25, -0.2) is 4.79 Å². The zero-order valence-electron chi connectivity index (χ0n) is 11.6. The van der Waals surface area contributed by atoms with Crippen LogP contribution in [0, 0.1) is 11.8 Å². The quantitative estimate of drug-likeness (QED) is 0.800. The highest BCUT2D eigenvalue weighted by Gasteiger charge is 2.26. The first-order valence-corrected chi connectivity index (χ1v) is 6.86. The van der Waals surface area contributed by atoms with Gasteiger partial charge in [0.15, 0.2) is 0 Å². The van der Waals surface area contributed by atoms with Gasteiger partial charge in [-0.05, 0) is 49.3 Å². The third kappa shape index (κ3) is 4.16. The average molecular weight is 262 g/mol. The molecule has 0 saturated heterocycles. The van der Waals surface area contributed by atoms with Gasteiger partial charge in [-0.15, -0.1) is 0 Å². The van der Waals surface area contributed by atoms with Crippen LogP contribution in [-0.4, -0.2) is 12.2 Å². The lowest BCUT2D eigenvalue weighted by atomic mass is 9.82. The molecule has 4 heteroatoms. The Kier molecular flexibility index (Phi) is 4.30. The van der Waals surface area contributed by atoms with E-state index in [0.717, 1.165) is 12.8 Å². The fraction of sp³-hybridized carbons (Fsp3) is 0.533. The highest BCUT2D eigenvalue weighted by atomic mass is 16.6. The molecule has 104 valence electrons. The van der Waals surface area contributed by atoms with Crippen LogP contribution in [0.2, 0.25) is 0 Å². The van der Waals surface area contributed by atoms with Crippen molar-refractivity contribution in [1.82, 2.24) is 0 Å². The second-order valence-corrected chi connectivity index (χ2v) is 5.70. The third-order valence-electron chi connectivity index (χ3n) is 3.54. The Bertz CT molecular complexity index is 438. The molecule has 1 saturated carbocycles. The molecule has 1 amide bonds. The van der Waals surface area contributed by atoms with Crippen LogP contribution in [0.4, 0.5) is 16.2 Å². The van der Waals surface area contributed by atoms with E-state index in [2.05, 4.69) is 19.2 Å². The first-order valence-electron chi connectivity index (χ1n) is 6.86. The molecule has 0 spiro atoms. The summed E-state index contributed by atoms with van der Waals surface area (Å²) in [6, 6.07) is 7.09. The van der Waals surface area contributed by atoms with E-state index in [0.29, 0.717) is 23.2 Å². The third-order valence-corrected chi connectivity index (χ3v) is 3.54. The summed E-state index contributed by atoms with van der Waals surface area (Å²) >= 11 is 0. The SMILES string of the molecule is CC1CC(C)CC(OC(=O)Nc2cccc(N)c2)C1. The number of benzene rings is 1. The maximum absolute atomic E-state index is 11.8. The molecule has 4 nitrogen and oxygen atoms in total. The normalized spacial score (nSPS) is 26.7. The van der Waals surface area contributed by atoms with Crippen LogP contribution in [-0.2, 0) is 4.74 Å². The van der Waals surface area contributed by atoms with E-state index in [1.54, 1.807) is 24.3 Å². The minimum Gasteiger partial charge on any atom is -0.446 e. The number of anilines is 2. The van der Waals surface area contributed by atoms with Gasteiger partial charge >= 0.3 is 6.09 Å². The van der Waals surface area contributed by atoms with E-state index >= 15 is 0 Å². The van der Waals surface area contributed by atoms with E-state index in [1.165, 1.54) is 6.42 Å². The summed E-state index contributed by atoms with van der Waals surface area (Å²) in [5.41, 5.74) is 6.95. The minimum atomic E-state index is -0.392. The standard InChI is InChI=1S/C15H22N2O2/c1-10-6-11(2)8-14(7-10)19-15(18)17-13-5-3-4-12(16)9-13/h3-5,9-11,14H,6-8,16H2,1-2H3,(H,17,18). The summed E-state index contributed by atoms with van der Waals surface area (Å²) in [7, 11) is 0. The van der Waals surface area contributed by atoms with Crippen LogP contribution in [0.1, 0.15) is 33.1 Å². The molecule has 0 aliphatic heterocycles. The second kappa shape index (κ2) is 5.95. The van der Waals surface area contributed by atoms with Crippen molar-refractivity contribution in [2.24, 2.45) is 11.8 Å². The van der Waals surface area contributed by atoms with Gasteiger partial charge in [0, 0.05) is 11.4 Å². The molecule has 1 aliphatic rings. The monoisotopic (exact) mass is 262 g/mol. The fourth-order valence-electron chi connectivity index (χ4n) is 2.88. The number of nitrogens with one attached hydrogen (secondary N) is 1. The van der Waals surface area contributed by atoms with Crippen LogP contribution in [0.15, 0.2) is 24.3 Å². The van der Waals surface area contributed by atoms with Gasteiger partial charge in [-0.2, -0.15) is 0 Å². The number of hydrogen-bond acceptors (Lipinski definition) is 3. The Labute approximate surface area is 114 Å². The van der Waals surface area contributed by atoms with Gasteiger partial charge in [0.2, 0.25) is 0 Å². The van der Waals surface area contributed by atoms with Crippen LogP contribution >= 0.6 is 0 Å². The van der Waals surface area contributed by atoms with Crippen molar-refractivity contribution in [3.63, 3.8) is 0 Å². The summed E-state index contributed by atoms with van der Waals surface area (Å²) in [5, 5.41) is 2.72. The number of hydrogen-bond donors (Lipinski definition) is 2. The molecular formula is C15H22N2O2. The number of amides is 1. The maximum Gasteiger partial charge on any atom is 0.411 e. The zero-order chi connectivity index (χ0) is 13.8. The summed E-state index contributed by atoms with van der Waals surface area (Å²) in [6.07, 6.45) is 2.76. The summed E-state index contributed by atoms with van der Waals surface area (Å²) in [4.78, 5) is 11.8. The predicted octanol–water partition coefficient (Wildman–Crippen LogP) is 3.64. The molecule has 19 heavy (non-hydrogen) atoms. The number of rotatable bonds is 2. The molecule has 1 aromatic rings. The number of carbonyl (C=O) groups excluding carboxylic acids is 1. The average Bonchev–Trinajstić information content (AvgIpc) is 2.26. The molecule has 2 atom stereocenters. The molecule has 0 heterocycles. The summed E-state index contributed by atoms with van der Waals surface area (Å²) < 4.78 is 5.49. The Hall–Kier alpha value is -1.71. The van der Waals surface area contributed by atoms with E-state index in [9.17, 15) is 4.79 Å². The highest BCUT2D eigenvalue weighted by molar-refractivity contribution is 5.85. The minimum absolute atomic E-state index is 0.0276. The lowest BCUT2D eigenvalue weighted by Gasteiger charge is -2.30. The topological polar surface area (TPSA) is 64.3 Å². The van der Waals surface area contributed by atoms with Gasteiger partial charge in [0.05, 0.1) is 0 Å². The van der Waals surface area contributed by atoms with E-state index in [4.69, 9.17) is 10.5 Å². The molecule has 1 aliphatic carbocycles. The number of ether oxygens (including phenoxy) is 1. The van der Waals surface area contributed by atoms with Crippen LogP contribution in [0.3, 0.4) is 0 Å². The van der Waals surface area contributed by atoms with Crippen LogP contribution in [0.25, 0.3) is 0 Å². The highest BCUT2D eigenvalue weighted by Crippen LogP contribution is 2.30. The van der Waals surface area contributed by atoms with Gasteiger partial charge in [0.1, 0.15) is 6.10 Å². The fourth-order valence-corrected chi connectivity index (χ4v) is 2.88. The van der Waals surface area contributed by atoms with Crippen molar-refractivity contribution >= 4 is 17.5 Å². The summed E-state index contributed by atoms with van der Waals surface area (Å²) in [5.74, 6) is 1.24. The van der Waals surface area contributed by atoms with Crippen molar-refractivity contribution in [1.29, 1.82) is 0 Å². The summed E-state index contributed by atoms with van der Waals surface area (Å²) in [6.45, 7) is 4.42. The Morgan fingerprint density at radius 3 is 2.58 bits per heavy atom. The first kappa shape index (κ1) is 13.7. The van der Waals surface area contributed by atoms with Crippen LogP contribution < -0.4 is 11.1 Å². The Balaban J connectivity index is 1.87.